The maximum atomic E-state index is 13.9. The SMILES string of the molecule is CN(C)CCNCc1sc(N)nc1-c1ccc(F)cc1F. The normalized spacial score (nSPS) is 11.3. The van der Waals surface area contributed by atoms with Crippen LogP contribution in [0.5, 0.6) is 0 Å². The largest absolute Gasteiger partial charge is 0.375 e. The number of hydrogen-bond acceptors (Lipinski definition) is 5. The van der Waals surface area contributed by atoms with Crippen molar-refractivity contribution >= 4 is 16.5 Å². The van der Waals surface area contributed by atoms with Crippen molar-refractivity contribution in [2.24, 2.45) is 0 Å². The van der Waals surface area contributed by atoms with Crippen LogP contribution in [0.25, 0.3) is 11.3 Å². The number of hydrogen-bond donors (Lipinski definition) is 2. The molecule has 0 unspecified atom stereocenters. The van der Waals surface area contributed by atoms with Crippen LogP contribution in [-0.4, -0.2) is 37.1 Å². The first kappa shape index (κ1) is 15.8. The standard InChI is InChI=1S/C14H18F2N4S/c1-20(2)6-5-18-8-12-13(19-14(17)21-12)10-4-3-9(15)7-11(10)16/h3-4,7,18H,5-6,8H2,1-2H3,(H2,17,19). The second-order valence-electron chi connectivity index (χ2n) is 4.93. The number of nitrogens with one attached hydrogen (secondary N) is 1. The molecule has 0 saturated carbocycles. The topological polar surface area (TPSA) is 54.2 Å². The summed E-state index contributed by atoms with van der Waals surface area (Å²) in [5.41, 5.74) is 6.48. The molecule has 0 aliphatic rings. The number of benzene rings is 1. The van der Waals surface area contributed by atoms with E-state index in [0.717, 1.165) is 24.0 Å². The molecule has 0 saturated heterocycles. The minimum absolute atomic E-state index is 0.272. The maximum Gasteiger partial charge on any atom is 0.180 e. The van der Waals surface area contributed by atoms with Crippen molar-refractivity contribution in [2.75, 3.05) is 32.9 Å². The number of nitrogens with two attached hydrogens (primary N) is 1. The van der Waals surface area contributed by atoms with Crippen molar-refractivity contribution in [3.63, 3.8) is 0 Å². The van der Waals surface area contributed by atoms with Crippen LogP contribution < -0.4 is 11.1 Å². The smallest absolute Gasteiger partial charge is 0.180 e. The quantitative estimate of drug-likeness (QED) is 0.804. The molecular formula is C14H18F2N4S. The molecule has 2 rings (SSSR count). The van der Waals surface area contributed by atoms with E-state index in [1.807, 2.05) is 14.1 Å². The van der Waals surface area contributed by atoms with Gasteiger partial charge in [0.05, 0.1) is 5.69 Å². The van der Waals surface area contributed by atoms with Gasteiger partial charge in [-0.25, -0.2) is 13.8 Å². The summed E-state index contributed by atoms with van der Waals surface area (Å²) < 4.78 is 26.9. The predicted octanol–water partition coefficient (Wildman–Crippen LogP) is 2.32. The number of halogens is 2. The van der Waals surface area contributed by atoms with Gasteiger partial charge in [-0.05, 0) is 26.2 Å². The molecule has 0 spiro atoms. The molecule has 0 aliphatic carbocycles. The lowest BCUT2D eigenvalue weighted by molar-refractivity contribution is 0.400. The van der Waals surface area contributed by atoms with E-state index in [0.29, 0.717) is 17.4 Å². The lowest BCUT2D eigenvalue weighted by Gasteiger charge is -2.10. The van der Waals surface area contributed by atoms with Crippen LogP contribution in [0.3, 0.4) is 0 Å². The van der Waals surface area contributed by atoms with E-state index in [1.54, 1.807) is 0 Å². The van der Waals surface area contributed by atoms with Crippen molar-refractivity contribution in [2.45, 2.75) is 6.54 Å². The lowest BCUT2D eigenvalue weighted by Crippen LogP contribution is -2.26. The van der Waals surface area contributed by atoms with Gasteiger partial charge in [0.25, 0.3) is 0 Å². The van der Waals surface area contributed by atoms with Crippen molar-refractivity contribution in [3.8, 4) is 11.3 Å². The zero-order valence-corrected chi connectivity index (χ0v) is 12.8. The van der Waals surface area contributed by atoms with Crippen LogP contribution >= 0.6 is 11.3 Å². The van der Waals surface area contributed by atoms with Gasteiger partial charge in [-0.3, -0.25) is 0 Å². The summed E-state index contributed by atoms with van der Waals surface area (Å²) in [5, 5.41) is 3.64. The molecule has 1 aromatic carbocycles. The number of aromatic nitrogens is 1. The summed E-state index contributed by atoms with van der Waals surface area (Å²) in [6, 6.07) is 3.47. The van der Waals surface area contributed by atoms with Gasteiger partial charge in [-0.2, -0.15) is 0 Å². The number of thiazole rings is 1. The molecule has 1 aromatic heterocycles. The van der Waals surface area contributed by atoms with Crippen LogP contribution in [0, 0.1) is 11.6 Å². The molecule has 0 aliphatic heterocycles. The number of nitrogens with zero attached hydrogens (tertiary/aromatic N) is 2. The van der Waals surface area contributed by atoms with Gasteiger partial charge >= 0.3 is 0 Å². The first-order chi connectivity index (χ1) is 9.97. The maximum absolute atomic E-state index is 13.9. The van der Waals surface area contributed by atoms with Crippen LogP contribution in [0.4, 0.5) is 13.9 Å². The monoisotopic (exact) mass is 312 g/mol. The van der Waals surface area contributed by atoms with Gasteiger partial charge in [0.15, 0.2) is 5.13 Å². The molecule has 0 radical (unpaired) electrons. The van der Waals surface area contributed by atoms with Gasteiger partial charge in [0.2, 0.25) is 0 Å². The fourth-order valence-corrected chi connectivity index (χ4v) is 2.70. The minimum Gasteiger partial charge on any atom is -0.375 e. The van der Waals surface area contributed by atoms with Crippen LogP contribution in [0.1, 0.15) is 4.88 Å². The van der Waals surface area contributed by atoms with Crippen molar-refractivity contribution in [1.82, 2.24) is 15.2 Å². The second kappa shape index (κ2) is 6.93. The number of nitrogen functional groups attached to an aromatic ring is 1. The van der Waals surface area contributed by atoms with Crippen molar-refractivity contribution < 1.29 is 8.78 Å². The Hall–Kier alpha value is -1.57. The molecule has 7 heteroatoms. The minimum atomic E-state index is -0.630. The summed E-state index contributed by atoms with van der Waals surface area (Å²) >= 11 is 1.31. The number of rotatable bonds is 6. The summed E-state index contributed by atoms with van der Waals surface area (Å²) in [7, 11) is 3.98. The van der Waals surface area contributed by atoms with Gasteiger partial charge in [0, 0.05) is 36.1 Å². The molecule has 3 N–H and O–H groups in total. The van der Waals surface area contributed by atoms with Crippen molar-refractivity contribution in [3.05, 3.63) is 34.7 Å². The Morgan fingerprint density at radius 1 is 1.33 bits per heavy atom. The Bertz CT molecular complexity index is 613. The molecule has 0 bridgehead atoms. The third-order valence-corrected chi connectivity index (χ3v) is 3.81. The highest BCUT2D eigenvalue weighted by molar-refractivity contribution is 7.15. The highest BCUT2D eigenvalue weighted by Gasteiger charge is 2.15. The highest BCUT2D eigenvalue weighted by atomic mass is 32.1. The molecule has 2 aromatic rings. The third kappa shape index (κ3) is 4.20. The summed E-state index contributed by atoms with van der Waals surface area (Å²) in [4.78, 5) is 7.08. The second-order valence-corrected chi connectivity index (χ2v) is 6.04. The fraction of sp³-hybridized carbons (Fsp3) is 0.357. The molecule has 1 heterocycles. The van der Waals surface area contributed by atoms with Crippen LogP contribution in [0.15, 0.2) is 18.2 Å². The average Bonchev–Trinajstić information content (AvgIpc) is 2.75. The van der Waals surface area contributed by atoms with Crippen LogP contribution in [0.2, 0.25) is 0 Å². The molecule has 0 fully saturated rings. The van der Waals surface area contributed by atoms with E-state index < -0.39 is 11.6 Å². The highest BCUT2D eigenvalue weighted by Crippen LogP contribution is 2.31. The summed E-state index contributed by atoms with van der Waals surface area (Å²) in [6.07, 6.45) is 0. The summed E-state index contributed by atoms with van der Waals surface area (Å²) in [6.45, 7) is 2.25. The fourth-order valence-electron chi connectivity index (χ4n) is 1.89. The van der Waals surface area contributed by atoms with E-state index >= 15 is 0 Å². The predicted molar refractivity (Wildman–Crippen MR) is 82.1 cm³/mol. The van der Waals surface area contributed by atoms with Crippen LogP contribution in [-0.2, 0) is 6.54 Å². The van der Waals surface area contributed by atoms with E-state index in [2.05, 4.69) is 15.2 Å². The van der Waals surface area contributed by atoms with E-state index in [1.165, 1.54) is 23.5 Å². The molecule has 4 nitrogen and oxygen atoms in total. The number of likely N-dealkylation sites (N-methyl/N-ethyl adjacent to an activating group) is 1. The van der Waals surface area contributed by atoms with Gasteiger partial charge in [-0.1, -0.05) is 0 Å². The molecule has 114 valence electrons. The Kier molecular flexibility index (Phi) is 5.22. The van der Waals surface area contributed by atoms with Gasteiger partial charge in [0.1, 0.15) is 11.6 Å². The van der Waals surface area contributed by atoms with E-state index in [4.69, 9.17) is 5.73 Å². The molecule has 0 atom stereocenters. The van der Waals surface area contributed by atoms with E-state index in [9.17, 15) is 8.78 Å². The average molecular weight is 312 g/mol. The Labute approximate surface area is 126 Å². The Morgan fingerprint density at radius 3 is 2.76 bits per heavy atom. The zero-order chi connectivity index (χ0) is 15.4. The zero-order valence-electron chi connectivity index (χ0n) is 12.0. The first-order valence-corrected chi connectivity index (χ1v) is 7.35. The lowest BCUT2D eigenvalue weighted by atomic mass is 10.1. The Balaban J connectivity index is 2.16. The van der Waals surface area contributed by atoms with Gasteiger partial charge < -0.3 is 16.0 Å². The van der Waals surface area contributed by atoms with Crippen molar-refractivity contribution in [1.29, 1.82) is 0 Å². The van der Waals surface area contributed by atoms with E-state index in [-0.39, 0.29) is 5.56 Å². The first-order valence-electron chi connectivity index (χ1n) is 6.53. The third-order valence-electron chi connectivity index (χ3n) is 2.92. The van der Waals surface area contributed by atoms with Gasteiger partial charge in [-0.15, -0.1) is 11.3 Å². The summed E-state index contributed by atoms with van der Waals surface area (Å²) in [5.74, 6) is -1.24. The molecule has 0 amide bonds. The Morgan fingerprint density at radius 2 is 2.10 bits per heavy atom. The number of anilines is 1. The molecule has 21 heavy (non-hydrogen) atoms. The molecular weight excluding hydrogens is 294 g/mol.